The molecule has 3 rings (SSSR count). The number of hydrogen-bond donors (Lipinski definition) is 2. The number of nitrogens with zero attached hydrogens (tertiary/aromatic N) is 1. The molecule has 0 aliphatic carbocycles. The van der Waals surface area contributed by atoms with E-state index in [1.165, 1.54) is 12.1 Å². The second-order valence-corrected chi connectivity index (χ2v) is 5.53. The molecule has 0 spiro atoms. The van der Waals surface area contributed by atoms with Crippen LogP contribution >= 0.6 is 0 Å². The number of rotatable bonds is 6. The highest BCUT2D eigenvalue weighted by molar-refractivity contribution is 5.99. The first-order valence-electron chi connectivity index (χ1n) is 8.05. The van der Waals surface area contributed by atoms with Gasteiger partial charge in [0.05, 0.1) is 12.7 Å². The number of carbonyl (C=O) groups is 1. The Morgan fingerprint density at radius 1 is 1.08 bits per heavy atom. The summed E-state index contributed by atoms with van der Waals surface area (Å²) >= 11 is 0. The molecule has 0 bridgehead atoms. The van der Waals surface area contributed by atoms with Gasteiger partial charge in [-0.05, 0) is 42.5 Å². The van der Waals surface area contributed by atoms with E-state index in [0.29, 0.717) is 29.4 Å². The lowest BCUT2D eigenvalue weighted by Gasteiger charge is -2.12. The van der Waals surface area contributed by atoms with E-state index in [9.17, 15) is 9.18 Å². The second kappa shape index (κ2) is 8.11. The SMILES string of the molecule is COc1ccccc1CNC(=O)c1cccnc1Nc1ccc(F)cc1. The minimum Gasteiger partial charge on any atom is -0.496 e. The number of ether oxygens (including phenoxy) is 1. The topological polar surface area (TPSA) is 63.2 Å². The summed E-state index contributed by atoms with van der Waals surface area (Å²) < 4.78 is 18.3. The fourth-order valence-electron chi connectivity index (χ4n) is 2.48. The number of para-hydroxylation sites is 1. The Kier molecular flexibility index (Phi) is 5.43. The molecule has 26 heavy (non-hydrogen) atoms. The van der Waals surface area contributed by atoms with Gasteiger partial charge in [-0.25, -0.2) is 9.37 Å². The Morgan fingerprint density at radius 2 is 1.85 bits per heavy atom. The van der Waals surface area contributed by atoms with Crippen LogP contribution in [0.2, 0.25) is 0 Å². The number of anilines is 2. The molecule has 1 amide bonds. The number of pyridine rings is 1. The van der Waals surface area contributed by atoms with Gasteiger partial charge < -0.3 is 15.4 Å². The van der Waals surface area contributed by atoms with Crippen molar-refractivity contribution in [3.05, 3.63) is 83.8 Å². The molecule has 2 aromatic carbocycles. The van der Waals surface area contributed by atoms with Crippen LogP contribution in [-0.2, 0) is 6.54 Å². The predicted molar refractivity (Wildman–Crippen MR) is 98.1 cm³/mol. The molecule has 1 aromatic heterocycles. The number of methoxy groups -OCH3 is 1. The molecule has 0 saturated heterocycles. The van der Waals surface area contributed by atoms with Crippen LogP contribution in [0.4, 0.5) is 15.9 Å². The van der Waals surface area contributed by atoms with Crippen molar-refractivity contribution < 1.29 is 13.9 Å². The summed E-state index contributed by atoms with van der Waals surface area (Å²) in [5.41, 5.74) is 1.91. The maximum absolute atomic E-state index is 13.0. The van der Waals surface area contributed by atoms with Crippen LogP contribution < -0.4 is 15.4 Å². The lowest BCUT2D eigenvalue weighted by Crippen LogP contribution is -2.24. The normalized spacial score (nSPS) is 10.2. The average molecular weight is 351 g/mol. The monoisotopic (exact) mass is 351 g/mol. The zero-order chi connectivity index (χ0) is 18.4. The first kappa shape index (κ1) is 17.4. The van der Waals surface area contributed by atoms with Crippen LogP contribution in [0.25, 0.3) is 0 Å². The van der Waals surface area contributed by atoms with Gasteiger partial charge in [-0.2, -0.15) is 0 Å². The molecule has 5 nitrogen and oxygen atoms in total. The zero-order valence-corrected chi connectivity index (χ0v) is 14.2. The maximum atomic E-state index is 13.0. The van der Waals surface area contributed by atoms with Gasteiger partial charge >= 0.3 is 0 Å². The molecule has 0 atom stereocenters. The van der Waals surface area contributed by atoms with E-state index < -0.39 is 0 Å². The van der Waals surface area contributed by atoms with Gasteiger partial charge in [0.15, 0.2) is 0 Å². The van der Waals surface area contributed by atoms with E-state index in [1.54, 1.807) is 37.6 Å². The van der Waals surface area contributed by atoms with Crippen molar-refractivity contribution in [2.45, 2.75) is 6.54 Å². The molecular weight excluding hydrogens is 333 g/mol. The molecule has 3 aromatic rings. The molecule has 0 aliphatic rings. The second-order valence-electron chi connectivity index (χ2n) is 5.53. The molecule has 0 unspecified atom stereocenters. The van der Waals surface area contributed by atoms with Gasteiger partial charge in [0.1, 0.15) is 17.4 Å². The van der Waals surface area contributed by atoms with Crippen molar-refractivity contribution in [2.75, 3.05) is 12.4 Å². The zero-order valence-electron chi connectivity index (χ0n) is 14.2. The quantitative estimate of drug-likeness (QED) is 0.707. The third-order valence-electron chi connectivity index (χ3n) is 3.79. The molecule has 0 radical (unpaired) electrons. The van der Waals surface area contributed by atoms with Gasteiger partial charge in [0, 0.05) is 24.0 Å². The third kappa shape index (κ3) is 4.16. The number of carbonyl (C=O) groups excluding carboxylic acids is 1. The van der Waals surface area contributed by atoms with Gasteiger partial charge in [0.2, 0.25) is 0 Å². The van der Waals surface area contributed by atoms with Crippen LogP contribution in [0, 0.1) is 5.82 Å². The Hall–Kier alpha value is -3.41. The van der Waals surface area contributed by atoms with Gasteiger partial charge in [-0.15, -0.1) is 0 Å². The summed E-state index contributed by atoms with van der Waals surface area (Å²) in [4.78, 5) is 16.8. The lowest BCUT2D eigenvalue weighted by molar-refractivity contribution is 0.0951. The van der Waals surface area contributed by atoms with Crippen LogP contribution in [0.5, 0.6) is 5.75 Å². The maximum Gasteiger partial charge on any atom is 0.255 e. The van der Waals surface area contributed by atoms with E-state index in [2.05, 4.69) is 15.6 Å². The van der Waals surface area contributed by atoms with E-state index in [-0.39, 0.29) is 11.7 Å². The Bertz CT molecular complexity index is 898. The number of hydrogen-bond acceptors (Lipinski definition) is 4. The first-order valence-corrected chi connectivity index (χ1v) is 8.05. The number of halogens is 1. The third-order valence-corrected chi connectivity index (χ3v) is 3.79. The molecule has 0 aliphatic heterocycles. The van der Waals surface area contributed by atoms with Gasteiger partial charge in [0.25, 0.3) is 5.91 Å². The molecule has 0 fully saturated rings. The molecule has 2 N–H and O–H groups in total. The van der Waals surface area contributed by atoms with E-state index in [0.717, 1.165) is 5.56 Å². The summed E-state index contributed by atoms with van der Waals surface area (Å²) in [5.74, 6) is 0.514. The molecule has 0 saturated carbocycles. The lowest BCUT2D eigenvalue weighted by atomic mass is 10.2. The molecule has 1 heterocycles. The largest absolute Gasteiger partial charge is 0.496 e. The summed E-state index contributed by atoms with van der Waals surface area (Å²) in [6.45, 7) is 0.327. The summed E-state index contributed by atoms with van der Waals surface area (Å²) in [7, 11) is 1.59. The summed E-state index contributed by atoms with van der Waals surface area (Å²) in [6.07, 6.45) is 1.59. The summed E-state index contributed by atoms with van der Waals surface area (Å²) in [6, 6.07) is 16.7. The van der Waals surface area contributed by atoms with Crippen molar-refractivity contribution in [1.82, 2.24) is 10.3 Å². The fourth-order valence-corrected chi connectivity index (χ4v) is 2.48. The highest BCUT2D eigenvalue weighted by atomic mass is 19.1. The first-order chi connectivity index (χ1) is 12.7. The number of amides is 1. The average Bonchev–Trinajstić information content (AvgIpc) is 2.68. The van der Waals surface area contributed by atoms with E-state index >= 15 is 0 Å². The van der Waals surface area contributed by atoms with E-state index in [4.69, 9.17) is 4.74 Å². The van der Waals surface area contributed by atoms with Crippen molar-refractivity contribution in [3.8, 4) is 5.75 Å². The Labute approximate surface area is 150 Å². The van der Waals surface area contributed by atoms with Crippen molar-refractivity contribution in [3.63, 3.8) is 0 Å². The summed E-state index contributed by atoms with van der Waals surface area (Å²) in [5, 5.41) is 5.90. The standard InChI is InChI=1S/C20H18FN3O2/c1-26-18-7-3-2-5-14(18)13-23-20(25)17-6-4-12-22-19(17)24-16-10-8-15(21)9-11-16/h2-12H,13H2,1H3,(H,22,24)(H,23,25). The van der Waals surface area contributed by atoms with Crippen molar-refractivity contribution >= 4 is 17.4 Å². The minimum absolute atomic E-state index is 0.270. The minimum atomic E-state index is -0.327. The highest BCUT2D eigenvalue weighted by Crippen LogP contribution is 2.20. The van der Waals surface area contributed by atoms with Crippen LogP contribution in [0.15, 0.2) is 66.9 Å². The van der Waals surface area contributed by atoms with Crippen molar-refractivity contribution in [1.29, 1.82) is 0 Å². The highest BCUT2D eigenvalue weighted by Gasteiger charge is 2.13. The molecular formula is C20H18FN3O2. The molecule has 132 valence electrons. The predicted octanol–water partition coefficient (Wildman–Crippen LogP) is 3.90. The van der Waals surface area contributed by atoms with Gasteiger partial charge in [-0.1, -0.05) is 18.2 Å². The number of benzene rings is 2. The number of nitrogens with one attached hydrogen (secondary N) is 2. The van der Waals surface area contributed by atoms with Crippen LogP contribution in [0.1, 0.15) is 15.9 Å². The van der Waals surface area contributed by atoms with Crippen molar-refractivity contribution in [2.24, 2.45) is 0 Å². The smallest absolute Gasteiger partial charge is 0.255 e. The Balaban J connectivity index is 1.74. The van der Waals surface area contributed by atoms with E-state index in [1.807, 2.05) is 24.3 Å². The molecule has 6 heteroatoms. The van der Waals surface area contributed by atoms with Crippen LogP contribution in [-0.4, -0.2) is 18.0 Å². The Morgan fingerprint density at radius 3 is 2.62 bits per heavy atom. The number of aromatic nitrogens is 1. The van der Waals surface area contributed by atoms with Crippen LogP contribution in [0.3, 0.4) is 0 Å². The fraction of sp³-hybridized carbons (Fsp3) is 0.100. The van der Waals surface area contributed by atoms with Gasteiger partial charge in [-0.3, -0.25) is 4.79 Å².